The fraction of sp³-hybridized carbons (Fsp3) is 0.667. The zero-order chi connectivity index (χ0) is 14.8. The number of nitrogens with one attached hydrogen (secondary N) is 1. The first-order valence-corrected chi connectivity index (χ1v) is 8.26. The molecule has 3 rings (SSSR count). The summed E-state index contributed by atoms with van der Waals surface area (Å²) in [6.07, 6.45) is 4.07. The van der Waals surface area contributed by atoms with Gasteiger partial charge in [0.2, 0.25) is 0 Å². The minimum Gasteiger partial charge on any atom is -0.380 e. The molecule has 1 aliphatic carbocycles. The summed E-state index contributed by atoms with van der Waals surface area (Å²) in [6.45, 7) is 4.59. The zero-order valence-corrected chi connectivity index (χ0v) is 13.5. The van der Waals surface area contributed by atoms with Crippen molar-refractivity contribution in [3.63, 3.8) is 0 Å². The second-order valence-electron chi connectivity index (χ2n) is 6.61. The molecule has 3 heteroatoms. The summed E-state index contributed by atoms with van der Waals surface area (Å²) in [5, 5.41) is 3.57. The number of rotatable bonds is 3. The van der Waals surface area contributed by atoms with Crippen LogP contribution in [0.15, 0.2) is 24.3 Å². The van der Waals surface area contributed by atoms with E-state index in [2.05, 4.69) is 48.5 Å². The largest absolute Gasteiger partial charge is 0.380 e. The van der Waals surface area contributed by atoms with E-state index in [0.717, 1.165) is 6.54 Å². The lowest BCUT2D eigenvalue weighted by Crippen LogP contribution is -2.53. The van der Waals surface area contributed by atoms with E-state index >= 15 is 0 Å². The minimum absolute atomic E-state index is 0.383. The number of methoxy groups -OCH3 is 1. The molecule has 1 N–H and O–H groups in total. The van der Waals surface area contributed by atoms with Gasteiger partial charge in [-0.1, -0.05) is 31.2 Å². The average molecular weight is 288 g/mol. The predicted molar refractivity (Wildman–Crippen MR) is 86.5 cm³/mol. The molecule has 0 bridgehead atoms. The number of piperidine rings is 1. The summed E-state index contributed by atoms with van der Waals surface area (Å²) in [4.78, 5) is 2.66. The first-order chi connectivity index (χ1) is 10.2. The molecule has 1 saturated heterocycles. The maximum absolute atomic E-state index is 5.70. The van der Waals surface area contributed by atoms with Crippen molar-refractivity contribution < 1.29 is 4.74 Å². The summed E-state index contributed by atoms with van der Waals surface area (Å²) in [5.74, 6) is 0.676. The molecule has 0 aromatic heterocycles. The Labute approximate surface area is 128 Å². The molecule has 2 aliphatic rings. The van der Waals surface area contributed by atoms with Gasteiger partial charge in [-0.25, -0.2) is 0 Å². The van der Waals surface area contributed by atoms with Crippen molar-refractivity contribution in [1.82, 2.24) is 10.2 Å². The lowest BCUT2D eigenvalue weighted by Gasteiger charge is -2.45. The maximum atomic E-state index is 5.70. The topological polar surface area (TPSA) is 24.5 Å². The number of aryl methyl sites for hydroxylation is 1. The van der Waals surface area contributed by atoms with E-state index in [-0.39, 0.29) is 0 Å². The summed E-state index contributed by atoms with van der Waals surface area (Å²) >= 11 is 0. The van der Waals surface area contributed by atoms with E-state index in [1.54, 1.807) is 0 Å². The third-order valence-corrected chi connectivity index (χ3v) is 5.49. The molecular formula is C18H28N2O. The van der Waals surface area contributed by atoms with Gasteiger partial charge in [-0.3, -0.25) is 4.90 Å². The third kappa shape index (κ3) is 2.87. The number of nitrogens with zero attached hydrogens (tertiary/aromatic N) is 1. The van der Waals surface area contributed by atoms with Gasteiger partial charge in [-0.15, -0.1) is 0 Å². The van der Waals surface area contributed by atoms with Gasteiger partial charge < -0.3 is 10.1 Å². The molecule has 1 aromatic carbocycles. The van der Waals surface area contributed by atoms with E-state index in [1.165, 1.54) is 36.9 Å². The Hall–Kier alpha value is -0.900. The summed E-state index contributed by atoms with van der Waals surface area (Å²) < 4.78 is 5.70. The van der Waals surface area contributed by atoms with Gasteiger partial charge in [0.25, 0.3) is 0 Å². The summed E-state index contributed by atoms with van der Waals surface area (Å²) in [6, 6.07) is 9.95. The van der Waals surface area contributed by atoms with Crippen LogP contribution in [0, 0.1) is 5.92 Å². The van der Waals surface area contributed by atoms with Crippen molar-refractivity contribution in [1.29, 1.82) is 0 Å². The monoisotopic (exact) mass is 288 g/mol. The molecule has 0 saturated carbocycles. The number of likely N-dealkylation sites (N-methyl/N-ethyl adjacent to an activating group) is 1. The molecule has 4 unspecified atom stereocenters. The van der Waals surface area contributed by atoms with E-state index in [1.807, 2.05) is 7.11 Å². The van der Waals surface area contributed by atoms with Crippen molar-refractivity contribution in [3.8, 4) is 0 Å². The van der Waals surface area contributed by atoms with Crippen LogP contribution in [0.1, 0.15) is 36.9 Å². The Morgan fingerprint density at radius 2 is 2.05 bits per heavy atom. The van der Waals surface area contributed by atoms with Crippen LogP contribution in [0.5, 0.6) is 0 Å². The number of likely N-dealkylation sites (tertiary alicyclic amines) is 1. The smallest absolute Gasteiger partial charge is 0.0724 e. The number of hydrogen-bond donors (Lipinski definition) is 1. The normalized spacial score (nSPS) is 33.7. The SMILES string of the molecule is CNC1c2ccccc2CCC1N1CCC(C)C(OC)C1. The Morgan fingerprint density at radius 1 is 1.24 bits per heavy atom. The van der Waals surface area contributed by atoms with Crippen LogP contribution in [-0.2, 0) is 11.2 Å². The highest BCUT2D eigenvalue weighted by Crippen LogP contribution is 2.34. The zero-order valence-electron chi connectivity index (χ0n) is 13.5. The second-order valence-corrected chi connectivity index (χ2v) is 6.61. The molecule has 1 fully saturated rings. The molecule has 0 amide bonds. The Kier molecular flexibility index (Phi) is 4.63. The Morgan fingerprint density at radius 3 is 2.81 bits per heavy atom. The van der Waals surface area contributed by atoms with E-state index in [0.29, 0.717) is 24.1 Å². The first kappa shape index (κ1) is 15.0. The molecule has 4 atom stereocenters. The summed E-state index contributed by atoms with van der Waals surface area (Å²) in [5.41, 5.74) is 3.01. The molecule has 1 aliphatic heterocycles. The highest BCUT2D eigenvalue weighted by Gasteiger charge is 2.36. The van der Waals surface area contributed by atoms with Crippen LogP contribution in [-0.4, -0.2) is 44.3 Å². The standard InChI is InChI=1S/C18H28N2O/c1-13-10-11-20(12-17(13)21-3)16-9-8-14-6-4-5-7-15(14)18(16)19-2/h4-7,13,16-19H,8-12H2,1-3H3. The van der Waals surface area contributed by atoms with E-state index < -0.39 is 0 Å². The average Bonchev–Trinajstić information content (AvgIpc) is 2.54. The van der Waals surface area contributed by atoms with Crippen molar-refractivity contribution in [3.05, 3.63) is 35.4 Å². The Bertz CT molecular complexity index is 476. The number of hydrogen-bond acceptors (Lipinski definition) is 3. The van der Waals surface area contributed by atoms with Crippen LogP contribution in [0.2, 0.25) is 0 Å². The molecule has 0 radical (unpaired) electrons. The summed E-state index contributed by atoms with van der Waals surface area (Å²) in [7, 11) is 3.95. The second kappa shape index (κ2) is 6.47. The number of fused-ring (bicyclic) bond motifs is 1. The molecule has 21 heavy (non-hydrogen) atoms. The van der Waals surface area contributed by atoms with E-state index in [9.17, 15) is 0 Å². The van der Waals surface area contributed by atoms with Gasteiger partial charge in [0.1, 0.15) is 0 Å². The molecule has 116 valence electrons. The van der Waals surface area contributed by atoms with Crippen LogP contribution >= 0.6 is 0 Å². The highest BCUT2D eigenvalue weighted by atomic mass is 16.5. The molecule has 1 heterocycles. The minimum atomic E-state index is 0.383. The molecule has 1 aromatic rings. The van der Waals surface area contributed by atoms with E-state index in [4.69, 9.17) is 4.74 Å². The van der Waals surface area contributed by atoms with Crippen molar-refractivity contribution in [2.24, 2.45) is 5.92 Å². The van der Waals surface area contributed by atoms with Gasteiger partial charge in [0.15, 0.2) is 0 Å². The van der Waals surface area contributed by atoms with Crippen molar-refractivity contribution in [2.75, 3.05) is 27.2 Å². The molecule has 0 spiro atoms. The van der Waals surface area contributed by atoms with Gasteiger partial charge >= 0.3 is 0 Å². The van der Waals surface area contributed by atoms with Gasteiger partial charge in [-0.05, 0) is 49.9 Å². The lowest BCUT2D eigenvalue weighted by atomic mass is 9.82. The number of benzene rings is 1. The van der Waals surface area contributed by atoms with Crippen molar-refractivity contribution in [2.45, 2.75) is 44.4 Å². The fourth-order valence-corrected chi connectivity index (χ4v) is 4.15. The Balaban J connectivity index is 1.80. The van der Waals surface area contributed by atoms with Crippen LogP contribution in [0.3, 0.4) is 0 Å². The van der Waals surface area contributed by atoms with Crippen molar-refractivity contribution >= 4 is 0 Å². The quantitative estimate of drug-likeness (QED) is 0.925. The fourth-order valence-electron chi connectivity index (χ4n) is 4.15. The molecular weight excluding hydrogens is 260 g/mol. The van der Waals surface area contributed by atoms with Crippen LogP contribution < -0.4 is 5.32 Å². The number of ether oxygens (including phenoxy) is 1. The lowest BCUT2D eigenvalue weighted by molar-refractivity contribution is -0.0268. The maximum Gasteiger partial charge on any atom is 0.0724 e. The third-order valence-electron chi connectivity index (χ3n) is 5.49. The molecule has 3 nitrogen and oxygen atoms in total. The van der Waals surface area contributed by atoms with Gasteiger partial charge in [-0.2, -0.15) is 0 Å². The van der Waals surface area contributed by atoms with Gasteiger partial charge in [0.05, 0.1) is 6.10 Å². The predicted octanol–water partition coefficient (Wildman–Crippen LogP) is 2.62. The highest BCUT2D eigenvalue weighted by molar-refractivity contribution is 5.34. The van der Waals surface area contributed by atoms with Crippen LogP contribution in [0.4, 0.5) is 0 Å². The first-order valence-electron chi connectivity index (χ1n) is 8.26. The van der Waals surface area contributed by atoms with Crippen LogP contribution in [0.25, 0.3) is 0 Å². The van der Waals surface area contributed by atoms with Gasteiger partial charge in [0, 0.05) is 25.7 Å².